The zero-order valence-corrected chi connectivity index (χ0v) is 16.6. The molecule has 29 heavy (non-hydrogen) atoms. The van der Waals surface area contributed by atoms with E-state index >= 15 is 0 Å². The Balaban J connectivity index is 1.82. The second-order valence-corrected chi connectivity index (χ2v) is 7.94. The first-order valence-electron chi connectivity index (χ1n) is 8.58. The molecule has 2 aromatic carbocycles. The molecule has 0 atom stereocenters. The summed E-state index contributed by atoms with van der Waals surface area (Å²) in [4.78, 5) is 12.0. The van der Waals surface area contributed by atoms with Gasteiger partial charge in [0.2, 0.25) is 10.0 Å². The van der Waals surface area contributed by atoms with Gasteiger partial charge >= 0.3 is 0 Å². The summed E-state index contributed by atoms with van der Waals surface area (Å²) in [5.41, 5.74) is 5.42. The third-order valence-corrected chi connectivity index (χ3v) is 5.31. The minimum absolute atomic E-state index is 0.0290. The van der Waals surface area contributed by atoms with Gasteiger partial charge in [-0.25, -0.2) is 23.4 Å². The lowest BCUT2D eigenvalue weighted by atomic mass is 10.2. The molecule has 0 fully saturated rings. The number of hydrogen-bond acceptors (Lipinski definition) is 4. The average molecular weight is 414 g/mol. The van der Waals surface area contributed by atoms with Crippen LogP contribution in [0.2, 0.25) is 0 Å². The van der Waals surface area contributed by atoms with Crippen molar-refractivity contribution in [2.75, 3.05) is 0 Å². The van der Waals surface area contributed by atoms with Crippen LogP contribution in [0.1, 0.15) is 27.3 Å². The van der Waals surface area contributed by atoms with Gasteiger partial charge in [-0.05, 0) is 56.3 Å². The van der Waals surface area contributed by atoms with Gasteiger partial charge < -0.3 is 4.57 Å². The van der Waals surface area contributed by atoms with Gasteiger partial charge in [-0.3, -0.25) is 4.79 Å². The first-order chi connectivity index (χ1) is 13.7. The van der Waals surface area contributed by atoms with Crippen LogP contribution in [0.25, 0.3) is 5.69 Å². The summed E-state index contributed by atoms with van der Waals surface area (Å²) in [5.74, 6) is -1.27. The summed E-state index contributed by atoms with van der Waals surface area (Å²) >= 11 is 0. The Morgan fingerprint density at radius 1 is 1.14 bits per heavy atom. The number of benzene rings is 2. The Labute approximate surface area is 167 Å². The number of nitrogens with zero attached hydrogens (tertiary/aromatic N) is 2. The largest absolute Gasteiger partial charge is 0.318 e. The molecule has 3 aromatic rings. The molecule has 0 spiro atoms. The van der Waals surface area contributed by atoms with E-state index in [0.29, 0.717) is 0 Å². The molecule has 1 amide bonds. The fourth-order valence-electron chi connectivity index (χ4n) is 2.97. The molecule has 0 saturated carbocycles. The second kappa shape index (κ2) is 7.98. The van der Waals surface area contributed by atoms with E-state index in [-0.39, 0.29) is 10.5 Å². The molecule has 3 rings (SSSR count). The van der Waals surface area contributed by atoms with Crippen molar-refractivity contribution >= 4 is 22.1 Å². The number of carbonyl (C=O) groups is 1. The summed E-state index contributed by atoms with van der Waals surface area (Å²) in [6.45, 7) is 3.75. The van der Waals surface area contributed by atoms with Crippen molar-refractivity contribution in [1.82, 2.24) is 9.99 Å². The van der Waals surface area contributed by atoms with Gasteiger partial charge in [0.25, 0.3) is 5.91 Å². The van der Waals surface area contributed by atoms with Crippen molar-refractivity contribution < 1.29 is 17.6 Å². The zero-order valence-electron chi connectivity index (χ0n) is 15.8. The predicted molar refractivity (Wildman–Crippen MR) is 108 cm³/mol. The Morgan fingerprint density at radius 2 is 1.79 bits per heavy atom. The van der Waals surface area contributed by atoms with E-state index in [2.05, 4.69) is 10.5 Å². The maximum atomic E-state index is 13.6. The molecule has 1 aromatic heterocycles. The smallest absolute Gasteiger partial charge is 0.274 e. The Kier molecular flexibility index (Phi) is 5.62. The van der Waals surface area contributed by atoms with E-state index in [1.54, 1.807) is 18.2 Å². The number of primary sulfonamides is 1. The summed E-state index contributed by atoms with van der Waals surface area (Å²) in [5, 5.41) is 9.04. The molecule has 0 aliphatic rings. The molecule has 0 unspecified atom stereocenters. The number of aryl methyl sites for hydroxylation is 1. The standard InChI is InChI=1S/C20H19FN4O3S/c1-13-11-15(12-23-24-20(26)18-5-3-4-6-19(18)21)14(2)25(13)16-7-9-17(10-8-16)29(22,27)28/h3-12H,1-2H3,(H,24,26)(H2,22,27,28)/b23-12-. The molecule has 3 N–H and O–H groups in total. The molecule has 150 valence electrons. The van der Waals surface area contributed by atoms with Crippen LogP contribution in [0.4, 0.5) is 4.39 Å². The number of halogens is 1. The van der Waals surface area contributed by atoms with E-state index in [4.69, 9.17) is 5.14 Å². The van der Waals surface area contributed by atoms with Gasteiger partial charge in [0.1, 0.15) is 5.82 Å². The third-order valence-electron chi connectivity index (χ3n) is 4.38. The highest BCUT2D eigenvalue weighted by molar-refractivity contribution is 7.89. The van der Waals surface area contributed by atoms with Crippen molar-refractivity contribution in [3.05, 3.63) is 82.9 Å². The van der Waals surface area contributed by atoms with Crippen LogP contribution in [0.15, 0.2) is 64.6 Å². The van der Waals surface area contributed by atoms with Crippen LogP contribution in [-0.2, 0) is 10.0 Å². The normalized spacial score (nSPS) is 11.7. The van der Waals surface area contributed by atoms with E-state index < -0.39 is 21.7 Å². The lowest BCUT2D eigenvalue weighted by molar-refractivity contribution is 0.0951. The van der Waals surface area contributed by atoms with E-state index in [1.165, 1.54) is 36.5 Å². The monoisotopic (exact) mass is 414 g/mol. The Hall–Kier alpha value is -3.30. The minimum Gasteiger partial charge on any atom is -0.318 e. The van der Waals surface area contributed by atoms with Crippen molar-refractivity contribution in [1.29, 1.82) is 0 Å². The minimum atomic E-state index is -3.76. The van der Waals surface area contributed by atoms with Gasteiger partial charge in [-0.1, -0.05) is 12.1 Å². The lowest BCUT2D eigenvalue weighted by Gasteiger charge is -2.10. The van der Waals surface area contributed by atoms with Gasteiger partial charge in [0.05, 0.1) is 16.7 Å². The summed E-state index contributed by atoms with van der Waals surface area (Å²) in [6.07, 6.45) is 1.47. The highest BCUT2D eigenvalue weighted by Gasteiger charge is 2.13. The zero-order chi connectivity index (χ0) is 21.2. The highest BCUT2D eigenvalue weighted by atomic mass is 32.2. The first-order valence-corrected chi connectivity index (χ1v) is 10.1. The number of rotatable bonds is 5. The second-order valence-electron chi connectivity index (χ2n) is 6.38. The van der Waals surface area contributed by atoms with Crippen molar-refractivity contribution in [2.45, 2.75) is 18.7 Å². The number of hydrogen-bond donors (Lipinski definition) is 2. The number of amides is 1. The molecular weight excluding hydrogens is 395 g/mol. The summed E-state index contributed by atoms with van der Waals surface area (Å²) < 4.78 is 38.4. The number of hydrazone groups is 1. The van der Waals surface area contributed by atoms with Crippen molar-refractivity contribution in [3.63, 3.8) is 0 Å². The van der Waals surface area contributed by atoms with Crippen LogP contribution in [0, 0.1) is 19.7 Å². The van der Waals surface area contributed by atoms with E-state index in [9.17, 15) is 17.6 Å². The lowest BCUT2D eigenvalue weighted by Crippen LogP contribution is -2.19. The van der Waals surface area contributed by atoms with Crippen LogP contribution >= 0.6 is 0 Å². The van der Waals surface area contributed by atoms with Crippen molar-refractivity contribution in [3.8, 4) is 5.69 Å². The first kappa shape index (κ1) is 20.4. The molecule has 9 heteroatoms. The molecule has 0 bridgehead atoms. The number of carbonyl (C=O) groups excluding carboxylic acids is 1. The fourth-order valence-corrected chi connectivity index (χ4v) is 3.48. The maximum Gasteiger partial charge on any atom is 0.274 e. The quantitative estimate of drug-likeness (QED) is 0.495. The van der Waals surface area contributed by atoms with Crippen LogP contribution in [0.3, 0.4) is 0 Å². The van der Waals surface area contributed by atoms with E-state index in [0.717, 1.165) is 22.6 Å². The fraction of sp³-hybridized carbons (Fsp3) is 0.100. The number of nitrogens with one attached hydrogen (secondary N) is 1. The summed E-state index contributed by atoms with van der Waals surface area (Å²) in [7, 11) is -3.76. The molecule has 0 aliphatic carbocycles. The number of nitrogens with two attached hydrogens (primary N) is 1. The van der Waals surface area contributed by atoms with Gasteiger partial charge in [-0.2, -0.15) is 5.10 Å². The molecular formula is C20H19FN4O3S. The number of sulfonamides is 1. The number of aromatic nitrogens is 1. The van der Waals surface area contributed by atoms with Gasteiger partial charge in [0, 0.05) is 22.6 Å². The van der Waals surface area contributed by atoms with Gasteiger partial charge in [0.15, 0.2) is 0 Å². The molecule has 0 radical (unpaired) electrons. The van der Waals surface area contributed by atoms with Crippen LogP contribution < -0.4 is 10.6 Å². The van der Waals surface area contributed by atoms with E-state index in [1.807, 2.05) is 24.5 Å². The highest BCUT2D eigenvalue weighted by Crippen LogP contribution is 2.21. The van der Waals surface area contributed by atoms with Crippen molar-refractivity contribution in [2.24, 2.45) is 10.2 Å². The summed E-state index contributed by atoms with van der Waals surface area (Å²) in [6, 6.07) is 13.7. The van der Waals surface area contributed by atoms with Crippen LogP contribution in [-0.4, -0.2) is 25.1 Å². The third kappa shape index (κ3) is 4.41. The Bertz CT molecular complexity index is 1200. The average Bonchev–Trinajstić information content (AvgIpc) is 2.95. The Morgan fingerprint density at radius 3 is 2.41 bits per heavy atom. The van der Waals surface area contributed by atoms with Crippen LogP contribution in [0.5, 0.6) is 0 Å². The molecule has 7 nitrogen and oxygen atoms in total. The topological polar surface area (TPSA) is 107 Å². The van der Waals surface area contributed by atoms with Gasteiger partial charge in [-0.15, -0.1) is 0 Å². The molecule has 1 heterocycles. The molecule has 0 aliphatic heterocycles. The SMILES string of the molecule is Cc1cc(/C=N\NC(=O)c2ccccc2F)c(C)n1-c1ccc(S(N)(=O)=O)cc1. The maximum absolute atomic E-state index is 13.6. The predicted octanol–water partition coefficient (Wildman–Crippen LogP) is 2.64. The molecule has 0 saturated heterocycles.